The normalized spacial score (nSPS) is 40.7. The van der Waals surface area contributed by atoms with Gasteiger partial charge in [0.25, 0.3) is 0 Å². The van der Waals surface area contributed by atoms with Crippen LogP contribution in [-0.4, -0.2) is 52.2 Å². The van der Waals surface area contributed by atoms with E-state index in [1.54, 1.807) is 6.92 Å². The Hall–Kier alpha value is -1.96. The monoisotopic (exact) mass is 452 g/mol. The molecular formula is C24H36O8. The Bertz CT molecular complexity index is 778. The van der Waals surface area contributed by atoms with E-state index < -0.39 is 35.3 Å². The van der Waals surface area contributed by atoms with Gasteiger partial charge in [-0.2, -0.15) is 0 Å². The zero-order chi connectivity index (χ0) is 23.8. The summed E-state index contributed by atoms with van der Waals surface area (Å²) in [5.74, 6) is -2.56. The molecule has 0 aromatic carbocycles. The molecule has 3 fully saturated rings. The second-order valence-corrected chi connectivity index (χ2v) is 10.3. The topological polar surface area (TPSA) is 116 Å². The quantitative estimate of drug-likeness (QED) is 0.558. The van der Waals surface area contributed by atoms with Crippen molar-refractivity contribution in [3.8, 4) is 0 Å². The lowest BCUT2D eigenvalue weighted by Crippen LogP contribution is -2.54. The Morgan fingerprint density at radius 3 is 2.50 bits per heavy atom. The molecule has 0 bridgehead atoms. The predicted molar refractivity (Wildman–Crippen MR) is 114 cm³/mol. The van der Waals surface area contributed by atoms with Crippen LogP contribution in [0, 0.1) is 23.7 Å². The molecular weight excluding hydrogens is 416 g/mol. The first kappa shape index (κ1) is 24.7. The van der Waals surface area contributed by atoms with Gasteiger partial charge in [0.2, 0.25) is 0 Å². The van der Waals surface area contributed by atoms with Crippen molar-refractivity contribution in [3.05, 3.63) is 0 Å². The highest BCUT2D eigenvalue weighted by atomic mass is 16.6. The summed E-state index contributed by atoms with van der Waals surface area (Å²) in [5, 5.41) is 9.27. The number of hydrogen-bond acceptors (Lipinski definition) is 7. The van der Waals surface area contributed by atoms with Crippen molar-refractivity contribution in [1.29, 1.82) is 0 Å². The lowest BCUT2D eigenvalue weighted by Gasteiger charge is -2.48. The number of hydrogen-bond donors (Lipinski definition) is 1. The van der Waals surface area contributed by atoms with Crippen LogP contribution in [0.3, 0.4) is 0 Å². The first-order valence-electron chi connectivity index (χ1n) is 11.7. The molecule has 180 valence electrons. The average Bonchev–Trinajstić information content (AvgIpc) is 3.03. The van der Waals surface area contributed by atoms with Gasteiger partial charge in [-0.15, -0.1) is 0 Å². The van der Waals surface area contributed by atoms with Gasteiger partial charge >= 0.3 is 17.9 Å². The van der Waals surface area contributed by atoms with Crippen molar-refractivity contribution < 1.29 is 38.5 Å². The summed E-state index contributed by atoms with van der Waals surface area (Å²) in [4.78, 5) is 48.8. The average molecular weight is 453 g/mol. The summed E-state index contributed by atoms with van der Waals surface area (Å²) >= 11 is 0. The van der Waals surface area contributed by atoms with E-state index in [9.17, 15) is 24.3 Å². The molecule has 3 aliphatic rings. The molecule has 2 heterocycles. The predicted octanol–water partition coefficient (Wildman–Crippen LogP) is 3.29. The number of aliphatic carboxylic acids is 1. The smallest absolute Gasteiger partial charge is 0.309 e. The van der Waals surface area contributed by atoms with E-state index in [1.807, 2.05) is 20.8 Å². The third-order valence-corrected chi connectivity index (χ3v) is 7.73. The molecule has 1 N–H and O–H groups in total. The fourth-order valence-corrected chi connectivity index (χ4v) is 6.23. The van der Waals surface area contributed by atoms with Gasteiger partial charge in [0, 0.05) is 31.1 Å². The van der Waals surface area contributed by atoms with E-state index in [4.69, 9.17) is 14.2 Å². The number of cyclic esters (lactones) is 1. The first-order valence-corrected chi connectivity index (χ1v) is 11.7. The summed E-state index contributed by atoms with van der Waals surface area (Å²) < 4.78 is 18.4. The van der Waals surface area contributed by atoms with Crippen LogP contribution in [0.5, 0.6) is 0 Å². The van der Waals surface area contributed by atoms with Crippen LogP contribution in [-0.2, 0) is 33.4 Å². The number of ketones is 1. The number of rotatable bonds is 8. The molecule has 0 aromatic rings. The van der Waals surface area contributed by atoms with E-state index in [0.717, 1.165) is 0 Å². The molecule has 3 rings (SSSR count). The number of Topliss-reactive ketones (excluding diaryl/α,β-unsaturated/α-hetero) is 1. The van der Waals surface area contributed by atoms with E-state index >= 15 is 0 Å². The van der Waals surface area contributed by atoms with Crippen LogP contribution in [0.4, 0.5) is 0 Å². The molecule has 2 aliphatic heterocycles. The number of carbonyl (C=O) groups excluding carboxylic acids is 3. The molecule has 2 saturated heterocycles. The van der Waals surface area contributed by atoms with Crippen molar-refractivity contribution in [2.24, 2.45) is 23.7 Å². The zero-order valence-electron chi connectivity index (χ0n) is 19.7. The standard InChI is InChI=1S/C24H36O8/c1-6-7-18(28)31-23(4)10-8-15-14(3)22(29)32-24(5,11-9-17(26)27)21-19(15)20(23)16(30-21)12-13(2)25/h14-16,19-21H,6-12H2,1-5H3,(H,26,27)/t14-,15?,16?,19+,20+,21?,23-,24+/m1/s1. The Labute approximate surface area is 189 Å². The van der Waals surface area contributed by atoms with E-state index in [2.05, 4.69) is 0 Å². The summed E-state index contributed by atoms with van der Waals surface area (Å²) in [6, 6.07) is 0. The number of esters is 2. The van der Waals surface area contributed by atoms with Crippen LogP contribution >= 0.6 is 0 Å². The van der Waals surface area contributed by atoms with Crippen molar-refractivity contribution >= 4 is 23.7 Å². The maximum Gasteiger partial charge on any atom is 0.309 e. The van der Waals surface area contributed by atoms with Crippen LogP contribution in [0.25, 0.3) is 0 Å². The van der Waals surface area contributed by atoms with Crippen LogP contribution < -0.4 is 0 Å². The molecule has 0 aromatic heterocycles. The van der Waals surface area contributed by atoms with Crippen LogP contribution in [0.15, 0.2) is 0 Å². The van der Waals surface area contributed by atoms with E-state index in [1.165, 1.54) is 6.92 Å². The fraction of sp³-hybridized carbons (Fsp3) is 0.833. The molecule has 1 saturated carbocycles. The maximum absolute atomic E-state index is 12.9. The SMILES string of the molecule is CCCC(=O)O[C@]1(C)CCC2[C@@H]3C(OC(CC(C)=O)[C@@H]31)[C@](C)(CCC(=O)O)OC(=O)[C@@H]2C. The largest absolute Gasteiger partial charge is 0.481 e. The van der Waals surface area contributed by atoms with Gasteiger partial charge in [0.05, 0.1) is 12.0 Å². The Morgan fingerprint density at radius 1 is 1.22 bits per heavy atom. The number of carboxylic acid groups (broad SMARTS) is 1. The second-order valence-electron chi connectivity index (χ2n) is 10.3. The fourth-order valence-electron chi connectivity index (χ4n) is 6.23. The van der Waals surface area contributed by atoms with Gasteiger partial charge in [0.1, 0.15) is 23.1 Å². The van der Waals surface area contributed by atoms with Gasteiger partial charge in [-0.25, -0.2) is 0 Å². The maximum atomic E-state index is 12.9. The molecule has 32 heavy (non-hydrogen) atoms. The lowest BCUT2D eigenvalue weighted by atomic mass is 9.58. The minimum absolute atomic E-state index is 0.0342. The van der Waals surface area contributed by atoms with Crippen molar-refractivity contribution in [2.75, 3.05) is 0 Å². The van der Waals surface area contributed by atoms with Gasteiger partial charge in [-0.05, 0) is 52.4 Å². The first-order chi connectivity index (χ1) is 14.9. The lowest BCUT2D eigenvalue weighted by molar-refractivity contribution is -0.182. The van der Waals surface area contributed by atoms with Gasteiger partial charge < -0.3 is 19.3 Å². The Balaban J connectivity index is 2.05. The highest BCUT2D eigenvalue weighted by Crippen LogP contribution is 2.58. The Morgan fingerprint density at radius 2 is 1.91 bits per heavy atom. The summed E-state index contributed by atoms with van der Waals surface area (Å²) in [6.45, 7) is 8.90. The van der Waals surface area contributed by atoms with E-state index in [-0.39, 0.29) is 54.7 Å². The Kier molecular flexibility index (Phi) is 7.03. The molecule has 0 amide bonds. The van der Waals surface area contributed by atoms with Crippen molar-refractivity contribution in [3.63, 3.8) is 0 Å². The van der Waals surface area contributed by atoms with E-state index in [0.29, 0.717) is 25.7 Å². The van der Waals surface area contributed by atoms with Crippen LogP contribution in [0.2, 0.25) is 0 Å². The molecule has 0 radical (unpaired) electrons. The third-order valence-electron chi connectivity index (χ3n) is 7.73. The molecule has 8 heteroatoms. The van der Waals surface area contributed by atoms with Gasteiger partial charge in [-0.3, -0.25) is 19.2 Å². The molecule has 1 aliphatic carbocycles. The highest BCUT2D eigenvalue weighted by Gasteiger charge is 2.66. The summed E-state index contributed by atoms with van der Waals surface area (Å²) in [6.07, 6.45) is 1.28. The van der Waals surface area contributed by atoms with Crippen molar-refractivity contribution in [1.82, 2.24) is 0 Å². The zero-order valence-corrected chi connectivity index (χ0v) is 19.7. The highest BCUT2D eigenvalue weighted by molar-refractivity contribution is 5.76. The van der Waals surface area contributed by atoms with Crippen LogP contribution in [0.1, 0.15) is 79.6 Å². The van der Waals surface area contributed by atoms with Gasteiger partial charge in [-0.1, -0.05) is 13.8 Å². The van der Waals surface area contributed by atoms with Crippen molar-refractivity contribution in [2.45, 2.75) is 103 Å². The minimum Gasteiger partial charge on any atom is -0.481 e. The second kappa shape index (κ2) is 9.12. The number of carbonyl (C=O) groups is 4. The minimum atomic E-state index is -1.14. The molecule has 8 atom stereocenters. The molecule has 3 unspecified atom stereocenters. The number of ether oxygens (including phenoxy) is 3. The number of carboxylic acids is 1. The molecule has 0 spiro atoms. The van der Waals surface area contributed by atoms with Gasteiger partial charge in [0.15, 0.2) is 0 Å². The third kappa shape index (κ3) is 4.56. The summed E-state index contributed by atoms with van der Waals surface area (Å²) in [5.41, 5.74) is -1.97. The summed E-state index contributed by atoms with van der Waals surface area (Å²) in [7, 11) is 0. The molecule has 8 nitrogen and oxygen atoms in total.